The van der Waals surface area contributed by atoms with Gasteiger partial charge in [0.15, 0.2) is 17.2 Å². The first kappa shape index (κ1) is 13.6. The van der Waals surface area contributed by atoms with Crippen molar-refractivity contribution in [2.24, 2.45) is 0 Å². The fraction of sp³-hybridized carbons (Fsp3) is 0.111. The molecule has 0 N–H and O–H groups in total. The number of imidazole rings is 1. The molecule has 0 atom stereocenters. The highest BCUT2D eigenvalue weighted by Crippen LogP contribution is 2.25. The molecule has 0 fully saturated rings. The summed E-state index contributed by atoms with van der Waals surface area (Å²) >= 11 is 0. The van der Waals surface area contributed by atoms with Crippen LogP contribution in [0, 0.1) is 0 Å². The molecule has 3 heterocycles. The minimum absolute atomic E-state index is 0.660. The second-order valence-electron chi connectivity index (χ2n) is 5.19. The fourth-order valence-corrected chi connectivity index (χ4v) is 2.62. The number of methoxy groups -OCH3 is 1. The molecule has 5 heteroatoms. The largest absolute Gasteiger partial charge is 0.497 e. The number of fused-ring (bicyclic) bond motifs is 1. The Morgan fingerprint density at radius 3 is 2.70 bits per heavy atom. The quantitative estimate of drug-likeness (QED) is 0.576. The summed E-state index contributed by atoms with van der Waals surface area (Å²) < 4.78 is 12.8. The van der Waals surface area contributed by atoms with Crippen LogP contribution in [0.1, 0.15) is 5.56 Å². The first-order valence-electron chi connectivity index (χ1n) is 7.33. The zero-order valence-electron chi connectivity index (χ0n) is 12.6. The first-order chi connectivity index (χ1) is 11.3. The summed E-state index contributed by atoms with van der Waals surface area (Å²) in [6.07, 6.45) is 3.43. The van der Waals surface area contributed by atoms with Crippen molar-refractivity contribution in [2.75, 3.05) is 7.11 Å². The molecule has 4 rings (SSSR count). The van der Waals surface area contributed by atoms with Gasteiger partial charge < -0.3 is 13.7 Å². The Labute approximate surface area is 133 Å². The van der Waals surface area contributed by atoms with Gasteiger partial charge in [-0.2, -0.15) is 0 Å². The fourth-order valence-electron chi connectivity index (χ4n) is 2.62. The van der Waals surface area contributed by atoms with Gasteiger partial charge >= 0.3 is 0 Å². The second-order valence-corrected chi connectivity index (χ2v) is 5.19. The highest BCUT2D eigenvalue weighted by Gasteiger charge is 2.15. The number of hydrogen-bond acceptors (Lipinski definition) is 4. The molecule has 0 saturated heterocycles. The van der Waals surface area contributed by atoms with Crippen LogP contribution in [-0.2, 0) is 6.54 Å². The maximum absolute atomic E-state index is 5.53. The summed E-state index contributed by atoms with van der Waals surface area (Å²) in [7, 11) is 1.66. The van der Waals surface area contributed by atoms with E-state index in [1.807, 2.05) is 48.5 Å². The highest BCUT2D eigenvalue weighted by atomic mass is 16.5. The Hall–Kier alpha value is -3.08. The second kappa shape index (κ2) is 5.61. The van der Waals surface area contributed by atoms with Crippen LogP contribution in [0.15, 0.2) is 65.4 Å². The first-order valence-corrected chi connectivity index (χ1v) is 7.33. The van der Waals surface area contributed by atoms with Crippen molar-refractivity contribution in [3.63, 3.8) is 0 Å². The van der Waals surface area contributed by atoms with Crippen molar-refractivity contribution < 1.29 is 9.15 Å². The molecular weight excluding hydrogens is 290 g/mol. The minimum atomic E-state index is 0.660. The van der Waals surface area contributed by atoms with E-state index in [4.69, 9.17) is 9.15 Å². The van der Waals surface area contributed by atoms with Gasteiger partial charge in [-0.05, 0) is 42.0 Å². The number of benzene rings is 1. The number of nitrogens with zero attached hydrogens (tertiary/aromatic N) is 3. The summed E-state index contributed by atoms with van der Waals surface area (Å²) in [5.41, 5.74) is 2.84. The standard InChI is InChI=1S/C18H15N3O2/c1-22-14-8-6-13(7-9-14)12-21-17-15(4-2-10-19-17)20-18(21)16-5-3-11-23-16/h2-11H,12H2,1H3. The Kier molecular flexibility index (Phi) is 3.31. The molecule has 114 valence electrons. The van der Waals surface area contributed by atoms with Crippen molar-refractivity contribution in [1.82, 2.24) is 14.5 Å². The maximum Gasteiger partial charge on any atom is 0.178 e. The average Bonchev–Trinajstić information content (AvgIpc) is 3.24. The zero-order valence-corrected chi connectivity index (χ0v) is 12.6. The van der Waals surface area contributed by atoms with Crippen LogP contribution in [0.2, 0.25) is 0 Å². The highest BCUT2D eigenvalue weighted by molar-refractivity contribution is 5.76. The molecule has 4 aromatic rings. The average molecular weight is 305 g/mol. The van der Waals surface area contributed by atoms with Crippen molar-refractivity contribution >= 4 is 11.2 Å². The molecule has 0 spiro atoms. The van der Waals surface area contributed by atoms with E-state index in [2.05, 4.69) is 14.5 Å². The van der Waals surface area contributed by atoms with Gasteiger partial charge in [-0.25, -0.2) is 9.97 Å². The Bertz CT molecular complexity index is 925. The number of pyridine rings is 1. The lowest BCUT2D eigenvalue weighted by atomic mass is 10.2. The predicted molar refractivity (Wildman–Crippen MR) is 87.3 cm³/mol. The molecule has 1 aromatic carbocycles. The molecule has 0 aliphatic heterocycles. The van der Waals surface area contributed by atoms with E-state index in [0.717, 1.165) is 34.1 Å². The number of aromatic nitrogens is 3. The van der Waals surface area contributed by atoms with Gasteiger partial charge in [-0.3, -0.25) is 0 Å². The van der Waals surface area contributed by atoms with Crippen LogP contribution < -0.4 is 4.74 Å². The minimum Gasteiger partial charge on any atom is -0.497 e. The van der Waals surface area contributed by atoms with Crippen molar-refractivity contribution in [2.45, 2.75) is 6.54 Å². The van der Waals surface area contributed by atoms with Gasteiger partial charge in [0.1, 0.15) is 11.3 Å². The SMILES string of the molecule is COc1ccc(Cn2c(-c3ccco3)nc3cccnc32)cc1. The van der Waals surface area contributed by atoms with Crippen LogP contribution in [0.5, 0.6) is 5.75 Å². The van der Waals surface area contributed by atoms with E-state index >= 15 is 0 Å². The lowest BCUT2D eigenvalue weighted by molar-refractivity contribution is 0.414. The van der Waals surface area contributed by atoms with Crippen molar-refractivity contribution in [3.8, 4) is 17.3 Å². The van der Waals surface area contributed by atoms with Crippen LogP contribution >= 0.6 is 0 Å². The van der Waals surface area contributed by atoms with E-state index in [-0.39, 0.29) is 0 Å². The van der Waals surface area contributed by atoms with Crippen LogP contribution in [0.25, 0.3) is 22.7 Å². The Morgan fingerprint density at radius 1 is 1.09 bits per heavy atom. The number of furan rings is 1. The van der Waals surface area contributed by atoms with Gasteiger partial charge in [-0.1, -0.05) is 12.1 Å². The van der Waals surface area contributed by atoms with E-state index in [9.17, 15) is 0 Å². The summed E-state index contributed by atoms with van der Waals surface area (Å²) in [6.45, 7) is 0.660. The van der Waals surface area contributed by atoms with Gasteiger partial charge in [-0.15, -0.1) is 0 Å². The van der Waals surface area contributed by atoms with Crippen molar-refractivity contribution in [1.29, 1.82) is 0 Å². The van der Waals surface area contributed by atoms with Gasteiger partial charge in [0, 0.05) is 6.20 Å². The molecule has 0 unspecified atom stereocenters. The lowest BCUT2D eigenvalue weighted by Gasteiger charge is -2.08. The normalized spacial score (nSPS) is 11.0. The topological polar surface area (TPSA) is 53.1 Å². The van der Waals surface area contributed by atoms with Gasteiger partial charge in [0.05, 0.1) is 19.9 Å². The molecule has 0 bridgehead atoms. The molecule has 0 radical (unpaired) electrons. The molecule has 3 aromatic heterocycles. The smallest absolute Gasteiger partial charge is 0.178 e. The third-order valence-corrected chi connectivity index (χ3v) is 3.75. The van der Waals surface area contributed by atoms with E-state index in [0.29, 0.717) is 6.54 Å². The van der Waals surface area contributed by atoms with E-state index < -0.39 is 0 Å². The van der Waals surface area contributed by atoms with Crippen molar-refractivity contribution in [3.05, 3.63) is 66.6 Å². The van der Waals surface area contributed by atoms with Crippen LogP contribution in [0.3, 0.4) is 0 Å². The third kappa shape index (κ3) is 2.46. The van der Waals surface area contributed by atoms with Crippen LogP contribution in [-0.4, -0.2) is 21.6 Å². The van der Waals surface area contributed by atoms with E-state index in [1.165, 1.54) is 0 Å². The molecule has 5 nitrogen and oxygen atoms in total. The lowest BCUT2D eigenvalue weighted by Crippen LogP contribution is -2.02. The summed E-state index contributed by atoms with van der Waals surface area (Å²) in [4.78, 5) is 9.14. The summed E-state index contributed by atoms with van der Waals surface area (Å²) in [5.74, 6) is 2.35. The van der Waals surface area contributed by atoms with Gasteiger partial charge in [0.2, 0.25) is 0 Å². The number of hydrogen-bond donors (Lipinski definition) is 0. The number of ether oxygens (including phenoxy) is 1. The molecule has 0 amide bonds. The summed E-state index contributed by atoms with van der Waals surface area (Å²) in [6, 6.07) is 15.6. The molecule has 0 aliphatic rings. The number of rotatable bonds is 4. The molecule has 0 saturated carbocycles. The monoisotopic (exact) mass is 305 g/mol. The summed E-state index contributed by atoms with van der Waals surface area (Å²) in [5, 5.41) is 0. The van der Waals surface area contributed by atoms with Gasteiger partial charge in [0.25, 0.3) is 0 Å². The molecular formula is C18H15N3O2. The van der Waals surface area contributed by atoms with E-state index in [1.54, 1.807) is 19.6 Å². The van der Waals surface area contributed by atoms with Crippen LogP contribution in [0.4, 0.5) is 0 Å². The molecule has 23 heavy (non-hydrogen) atoms. The molecule has 0 aliphatic carbocycles. The Balaban J connectivity index is 1.82. The third-order valence-electron chi connectivity index (χ3n) is 3.75. The zero-order chi connectivity index (χ0) is 15.6. The predicted octanol–water partition coefficient (Wildman–Crippen LogP) is 3.75. The Morgan fingerprint density at radius 2 is 1.96 bits per heavy atom. The maximum atomic E-state index is 5.53.